The number of hydrogen-bond donors (Lipinski definition) is 0. The molecule has 192 valence electrons. The third-order valence-corrected chi connectivity index (χ3v) is 6.97. The summed E-state index contributed by atoms with van der Waals surface area (Å²) >= 11 is 0. The minimum absolute atomic E-state index is 0.0357. The molecule has 1 amide bonds. The van der Waals surface area contributed by atoms with Crippen LogP contribution in [0.15, 0.2) is 23.5 Å². The van der Waals surface area contributed by atoms with Crippen LogP contribution in [0.5, 0.6) is 17.5 Å². The van der Waals surface area contributed by atoms with Crippen molar-refractivity contribution in [3.63, 3.8) is 0 Å². The Morgan fingerprint density at radius 2 is 1.83 bits per heavy atom. The highest BCUT2D eigenvalue weighted by atomic mass is 32.2. The highest BCUT2D eigenvalue weighted by Gasteiger charge is 2.26. The van der Waals surface area contributed by atoms with E-state index in [4.69, 9.17) is 18.9 Å². The van der Waals surface area contributed by atoms with E-state index in [9.17, 15) is 13.2 Å². The van der Waals surface area contributed by atoms with Crippen LogP contribution in [-0.4, -0.2) is 79.1 Å². The summed E-state index contributed by atoms with van der Waals surface area (Å²) in [5.74, 6) is 0.899. The van der Waals surface area contributed by atoms with Crippen LogP contribution in [0.1, 0.15) is 37.9 Å². The average molecular weight is 509 g/mol. The van der Waals surface area contributed by atoms with Gasteiger partial charge in [0.05, 0.1) is 29.7 Å². The summed E-state index contributed by atoms with van der Waals surface area (Å²) in [6.07, 6.45) is 2.06. The fraction of sp³-hybridized carbons (Fsp3) is 0.565. The highest BCUT2D eigenvalue weighted by Crippen LogP contribution is 2.30. The predicted octanol–water partition coefficient (Wildman–Crippen LogP) is 3.09. The van der Waals surface area contributed by atoms with Crippen molar-refractivity contribution >= 4 is 15.9 Å². The van der Waals surface area contributed by atoms with Gasteiger partial charge in [0.15, 0.2) is 20.6 Å². The summed E-state index contributed by atoms with van der Waals surface area (Å²) < 4.78 is 46.8. The monoisotopic (exact) mass is 508 g/mol. The van der Waals surface area contributed by atoms with Crippen LogP contribution in [0.4, 0.5) is 4.79 Å². The van der Waals surface area contributed by atoms with E-state index in [-0.39, 0.29) is 41.6 Å². The third-order valence-electron chi connectivity index (χ3n) is 5.40. The second-order valence-corrected chi connectivity index (χ2v) is 10.5. The van der Waals surface area contributed by atoms with Crippen molar-refractivity contribution in [3.8, 4) is 17.5 Å². The Hall–Kier alpha value is -2.99. The van der Waals surface area contributed by atoms with Crippen LogP contribution in [0.2, 0.25) is 0 Å². The van der Waals surface area contributed by atoms with Gasteiger partial charge in [0.2, 0.25) is 11.8 Å². The number of sulfone groups is 1. The number of rotatable bonds is 9. The molecule has 2 aromatic heterocycles. The second kappa shape index (κ2) is 11.6. The number of likely N-dealkylation sites (tertiary alicyclic amines) is 1. The fourth-order valence-corrected chi connectivity index (χ4v) is 4.59. The zero-order valence-corrected chi connectivity index (χ0v) is 21.5. The van der Waals surface area contributed by atoms with Gasteiger partial charge in [-0.1, -0.05) is 0 Å². The number of ether oxygens (including phenoxy) is 4. The summed E-state index contributed by atoms with van der Waals surface area (Å²) in [7, 11) is -2.11. The first-order valence-corrected chi connectivity index (χ1v) is 13.1. The van der Waals surface area contributed by atoms with Gasteiger partial charge in [-0.05, 0) is 39.8 Å². The Morgan fingerprint density at radius 3 is 2.46 bits per heavy atom. The fourth-order valence-electron chi connectivity index (χ4n) is 3.44. The van der Waals surface area contributed by atoms with E-state index in [1.165, 1.54) is 19.5 Å². The number of carbonyl (C=O) groups excluding carboxylic acids is 1. The van der Waals surface area contributed by atoms with E-state index in [0.717, 1.165) is 0 Å². The summed E-state index contributed by atoms with van der Waals surface area (Å²) in [4.78, 5) is 26.4. The molecular weight excluding hydrogens is 476 g/mol. The van der Waals surface area contributed by atoms with Gasteiger partial charge in [-0.25, -0.2) is 28.2 Å². The van der Waals surface area contributed by atoms with Crippen molar-refractivity contribution in [1.29, 1.82) is 0 Å². The van der Waals surface area contributed by atoms with Crippen molar-refractivity contribution in [3.05, 3.63) is 29.7 Å². The first-order valence-electron chi connectivity index (χ1n) is 11.4. The minimum atomic E-state index is -3.55. The molecule has 12 heteroatoms. The van der Waals surface area contributed by atoms with Crippen LogP contribution >= 0.6 is 0 Å². The van der Waals surface area contributed by atoms with Gasteiger partial charge in [0.1, 0.15) is 12.4 Å². The Morgan fingerprint density at radius 1 is 1.14 bits per heavy atom. The van der Waals surface area contributed by atoms with Crippen molar-refractivity contribution in [1.82, 2.24) is 19.9 Å². The molecule has 1 fully saturated rings. The maximum Gasteiger partial charge on any atom is 0.410 e. The van der Waals surface area contributed by atoms with E-state index in [0.29, 0.717) is 48.8 Å². The number of pyridine rings is 1. The number of hydrogen-bond acceptors (Lipinski definition) is 10. The van der Waals surface area contributed by atoms with Gasteiger partial charge < -0.3 is 23.8 Å². The molecule has 11 nitrogen and oxygen atoms in total. The Bertz CT molecular complexity index is 1130. The molecule has 0 radical (unpaired) electrons. The molecule has 0 bridgehead atoms. The molecule has 35 heavy (non-hydrogen) atoms. The van der Waals surface area contributed by atoms with Gasteiger partial charge in [-0.3, -0.25) is 0 Å². The van der Waals surface area contributed by atoms with Crippen molar-refractivity contribution in [2.45, 2.75) is 57.8 Å². The number of methoxy groups -OCH3 is 1. The smallest absolute Gasteiger partial charge is 0.410 e. The topological polar surface area (TPSA) is 130 Å². The van der Waals surface area contributed by atoms with Gasteiger partial charge in [-0.2, -0.15) is 0 Å². The lowest BCUT2D eigenvalue weighted by Crippen LogP contribution is -2.42. The number of carbonyl (C=O) groups is 1. The first-order chi connectivity index (χ1) is 16.6. The highest BCUT2D eigenvalue weighted by molar-refractivity contribution is 7.91. The third kappa shape index (κ3) is 7.01. The lowest BCUT2D eigenvalue weighted by atomic mass is 10.1. The summed E-state index contributed by atoms with van der Waals surface area (Å²) in [6, 6.07) is 2.95. The largest absolute Gasteiger partial charge is 0.474 e. The molecule has 0 aliphatic carbocycles. The molecule has 1 saturated heterocycles. The zero-order chi connectivity index (χ0) is 25.6. The van der Waals surface area contributed by atoms with Gasteiger partial charge in [0.25, 0.3) is 0 Å². The summed E-state index contributed by atoms with van der Waals surface area (Å²) in [5.41, 5.74) is 1.01. The number of amides is 1. The van der Waals surface area contributed by atoms with E-state index in [1.807, 2.05) is 13.8 Å². The van der Waals surface area contributed by atoms with Crippen molar-refractivity contribution in [2.75, 3.05) is 32.6 Å². The van der Waals surface area contributed by atoms with E-state index < -0.39 is 9.84 Å². The Kier molecular flexibility index (Phi) is 8.84. The lowest BCUT2D eigenvalue weighted by Gasteiger charge is -2.31. The van der Waals surface area contributed by atoms with E-state index in [2.05, 4.69) is 15.0 Å². The molecular formula is C23H32N4O7S. The molecule has 0 aromatic carbocycles. The molecule has 3 rings (SSSR count). The quantitative estimate of drug-likeness (QED) is 0.498. The Balaban J connectivity index is 1.65. The first kappa shape index (κ1) is 26.6. The predicted molar refractivity (Wildman–Crippen MR) is 127 cm³/mol. The molecule has 3 heterocycles. The molecule has 0 N–H and O–H groups in total. The van der Waals surface area contributed by atoms with Gasteiger partial charge in [-0.15, -0.1) is 0 Å². The van der Waals surface area contributed by atoms with E-state index >= 15 is 0 Å². The molecule has 1 aliphatic rings. The van der Waals surface area contributed by atoms with Crippen LogP contribution in [0.25, 0.3) is 0 Å². The molecule has 0 spiro atoms. The molecule has 0 saturated carbocycles. The number of piperidine rings is 1. The van der Waals surface area contributed by atoms with Crippen LogP contribution in [0, 0.1) is 13.8 Å². The van der Waals surface area contributed by atoms with Crippen LogP contribution in [0.3, 0.4) is 0 Å². The van der Waals surface area contributed by atoms with Crippen LogP contribution in [-0.2, 0) is 19.3 Å². The maximum absolute atomic E-state index is 12.4. The standard InChI is InChI=1S/C23H32N4O7S/c1-15(2)32-23(28)27-10-8-18(9-11-27)33-21-16(3)22(25-14-24-21)34-19-6-7-20(26-17(19)4)35(29,30)13-12-31-5/h6-7,14-15,18H,8-13H2,1-5H3. The number of aromatic nitrogens is 3. The molecule has 2 aromatic rings. The average Bonchev–Trinajstić information content (AvgIpc) is 2.81. The molecule has 1 aliphatic heterocycles. The molecule has 0 unspecified atom stereocenters. The van der Waals surface area contributed by atoms with Gasteiger partial charge >= 0.3 is 6.09 Å². The number of nitrogens with zero attached hydrogens (tertiary/aromatic N) is 4. The zero-order valence-electron chi connectivity index (χ0n) is 20.7. The van der Waals surface area contributed by atoms with E-state index in [1.54, 1.807) is 24.8 Å². The van der Waals surface area contributed by atoms with Crippen molar-refractivity contribution < 1.29 is 32.2 Å². The van der Waals surface area contributed by atoms with Gasteiger partial charge in [0, 0.05) is 33.0 Å². The summed E-state index contributed by atoms with van der Waals surface area (Å²) in [6.45, 7) is 8.25. The second-order valence-electron chi connectivity index (χ2n) is 8.49. The van der Waals surface area contributed by atoms with Crippen molar-refractivity contribution in [2.24, 2.45) is 0 Å². The minimum Gasteiger partial charge on any atom is -0.474 e. The molecule has 0 atom stereocenters. The number of aryl methyl sites for hydroxylation is 1. The summed E-state index contributed by atoms with van der Waals surface area (Å²) in [5, 5.41) is -0.0357. The maximum atomic E-state index is 12.4. The lowest BCUT2D eigenvalue weighted by molar-refractivity contribution is 0.0505. The SMILES string of the molecule is COCCS(=O)(=O)c1ccc(Oc2ncnc(OC3CCN(C(=O)OC(C)C)CC3)c2C)c(C)n1. The normalized spacial score (nSPS) is 14.7. The Labute approximate surface area is 205 Å². The van der Waals surface area contributed by atoms with Crippen LogP contribution < -0.4 is 9.47 Å².